The van der Waals surface area contributed by atoms with Gasteiger partial charge in [0, 0.05) is 87.6 Å². The second kappa shape index (κ2) is 61.7. The minimum absolute atomic E-state index is 0.0128. The zero-order valence-corrected chi connectivity index (χ0v) is 83.3. The largest absolute Gasteiger partial charge is 0.508 e. The van der Waals surface area contributed by atoms with E-state index < -0.39 is 272 Å². The molecule has 4 fully saturated rings. The minimum Gasteiger partial charge on any atom is -0.508 e. The fourth-order valence-electron chi connectivity index (χ4n) is 15.6. The summed E-state index contributed by atoms with van der Waals surface area (Å²) >= 11 is 0. The van der Waals surface area contributed by atoms with Crippen LogP contribution in [0, 0.1) is 0 Å². The summed E-state index contributed by atoms with van der Waals surface area (Å²) in [7, 11) is 4.26. The average Bonchev–Trinajstić information content (AvgIpc) is 1.68. The second-order valence-corrected chi connectivity index (χ2v) is 39.8. The molecule has 0 unspecified atom stereocenters. The molecule has 4 heterocycles. The number of nitrogens with one attached hydrogen (secondary N) is 14. The van der Waals surface area contributed by atoms with Crippen molar-refractivity contribution in [2.75, 3.05) is 62.3 Å². The first kappa shape index (κ1) is 119. The van der Waals surface area contributed by atoms with Gasteiger partial charge in [0.15, 0.2) is 5.96 Å². The zero-order chi connectivity index (χ0) is 107. The van der Waals surface area contributed by atoms with E-state index in [2.05, 4.69) is 79.4 Å². The first-order valence-corrected chi connectivity index (χ1v) is 51.9. The Bertz CT molecular complexity index is 5260. The van der Waals surface area contributed by atoms with Gasteiger partial charge in [-0.05, 0) is 112 Å². The fourth-order valence-corrected chi connectivity index (χ4v) is 20.0. The molecular formula is C92H129N27O23S4. The lowest BCUT2D eigenvalue weighted by molar-refractivity contribution is -0.142. The Morgan fingerprint density at radius 2 is 0.747 bits per heavy atom. The molecule has 0 radical (unpaired) electrons. The molecule has 0 spiro atoms. The molecule has 22 amide bonds. The Balaban J connectivity index is 0.000000396. The molecule has 146 heavy (non-hydrogen) atoms. The number of unbranched alkanes of at least 4 members (excludes halogenated alkanes) is 1. The van der Waals surface area contributed by atoms with Crippen LogP contribution in [-0.2, 0) is 131 Å². The third-order valence-electron chi connectivity index (χ3n) is 23.0. The topological polar surface area (TPSA) is 843 Å². The van der Waals surface area contributed by atoms with E-state index in [0.717, 1.165) is 43.2 Å². The molecule has 4 saturated heterocycles. The van der Waals surface area contributed by atoms with Crippen LogP contribution in [0.3, 0.4) is 0 Å². The highest BCUT2D eigenvalue weighted by molar-refractivity contribution is 8.77. The number of nitrogens with two attached hydrogens (primary N) is 10. The van der Waals surface area contributed by atoms with Crippen LogP contribution in [0.25, 0.3) is 0 Å². The van der Waals surface area contributed by atoms with Crippen LogP contribution in [0.2, 0.25) is 0 Å². The number of carbonyl (C=O) groups is 22. The van der Waals surface area contributed by atoms with E-state index in [1.54, 1.807) is 103 Å². The molecule has 794 valence electrons. The van der Waals surface area contributed by atoms with Gasteiger partial charge in [-0.1, -0.05) is 146 Å². The van der Waals surface area contributed by atoms with E-state index in [9.17, 15) is 111 Å². The number of phenolic OH excluding ortho intramolecular Hbond substituents is 1. The van der Waals surface area contributed by atoms with Gasteiger partial charge in [-0.3, -0.25) is 110 Å². The van der Waals surface area contributed by atoms with Crippen molar-refractivity contribution >= 4 is 179 Å². The Hall–Kier alpha value is -14.4. The fraction of sp³-hybridized carbons (Fsp3) is 0.489. The zero-order valence-electron chi connectivity index (χ0n) is 80.0. The number of rotatable bonds is 38. The monoisotopic (exact) mass is 2110 g/mol. The van der Waals surface area contributed by atoms with Gasteiger partial charge < -0.3 is 147 Å². The summed E-state index contributed by atoms with van der Waals surface area (Å²) in [6.45, 7) is -0.522. The standard InChI is InChI=1S/C46H64N14O12S2.C46H65N13O11S2/c47-35(62)15-14-29-40(67)58-32(22-36(48)63)43(70)59-33(45(72)60-18-5-9-34(60)44(71)56-28(8-4-17-52-46(50)51)39(66)53-23-37(49)64)24-74-73-19-16-38(65)54-30(21-26-10-12-27(61)13-11-26)41(68)57-31(42(69)55-29)20-25-6-2-1-3-7-25;47-18-8-7-14-29(40(64)52-23-38(51)62)54-45(69)35-15-9-19-59(35)46(70)34-25-72-71-24-28(48)39(63)55-31(20-26-10-3-1-4-11-26)43(67)56-32(21-27-12-5-2-6-13-27)42(66)53-30(16-17-36(49)60)41(65)57-33(22-37(50)61)44(68)58-34/h1-3,6-7,10-13,28-34,61H,4-5,8-9,14-24H2,(H2,47,62)(H2,48,63)(H2,49,64)(H,53,66)(H,54,65)(H,55,69)(H,56,71)(H,57,68)(H,58,67)(H,59,70)(H4,50,51,52);1-6,10-13,28-35H,7-9,14-25,47-48H2,(H2,49,60)(H2,50,61)(H2,51,62)(H,52,64)(H,53,66)(H,54,69)(H,55,63)(H,56,67)(H,57,65)(H,58,68)/t28-,29-,30-,31-,32-,33-,34-;28-,29-,30-,31-,32-,33-,34-,35-/m00/s1. The van der Waals surface area contributed by atoms with Gasteiger partial charge in [0.2, 0.25) is 130 Å². The van der Waals surface area contributed by atoms with Crippen molar-refractivity contribution < 1.29 is 111 Å². The van der Waals surface area contributed by atoms with Crippen molar-refractivity contribution in [3.63, 3.8) is 0 Å². The number of nitrogens with zero attached hydrogens (tertiary/aromatic N) is 3. The smallest absolute Gasteiger partial charge is 0.246 e. The molecule has 0 saturated carbocycles. The summed E-state index contributed by atoms with van der Waals surface area (Å²) in [5.74, 6) is -19.4. The molecule has 15 atom stereocenters. The number of primary amides is 6. The lowest BCUT2D eigenvalue weighted by Crippen LogP contribution is -2.61. The summed E-state index contributed by atoms with van der Waals surface area (Å²) in [5.41, 5.74) is 57.6. The van der Waals surface area contributed by atoms with E-state index in [1.165, 1.54) is 21.9 Å². The Kier molecular flexibility index (Phi) is 50.1. The molecule has 4 aromatic carbocycles. The predicted octanol–water partition coefficient (Wildman–Crippen LogP) is -8.38. The van der Waals surface area contributed by atoms with Crippen molar-refractivity contribution in [3.05, 3.63) is 138 Å². The van der Waals surface area contributed by atoms with Crippen molar-refractivity contribution in [3.8, 4) is 5.75 Å². The molecule has 0 aromatic heterocycles. The maximum absolute atomic E-state index is 14.6. The van der Waals surface area contributed by atoms with Crippen molar-refractivity contribution in [1.29, 1.82) is 0 Å². The number of aliphatic imine (C=N–C) groups is 1. The van der Waals surface area contributed by atoms with E-state index >= 15 is 0 Å². The predicted molar refractivity (Wildman–Crippen MR) is 539 cm³/mol. The van der Waals surface area contributed by atoms with Crippen molar-refractivity contribution in [2.24, 2.45) is 62.3 Å². The third kappa shape index (κ3) is 41.7. The number of likely N-dealkylation sites (tertiary alicyclic amines) is 2. The Morgan fingerprint density at radius 1 is 0.397 bits per heavy atom. The average molecular weight is 2110 g/mol. The number of carbonyl (C=O) groups excluding carboxylic acids is 22. The quantitative estimate of drug-likeness (QED) is 0.00858. The van der Waals surface area contributed by atoms with Gasteiger partial charge in [0.25, 0.3) is 0 Å². The van der Waals surface area contributed by atoms with E-state index in [0.29, 0.717) is 54.5 Å². The van der Waals surface area contributed by atoms with Gasteiger partial charge >= 0.3 is 0 Å². The van der Waals surface area contributed by atoms with Crippen molar-refractivity contribution in [2.45, 2.75) is 219 Å². The number of benzene rings is 4. The number of hydrogen-bond donors (Lipinski definition) is 25. The molecule has 0 bridgehead atoms. The van der Waals surface area contributed by atoms with Crippen LogP contribution in [0.1, 0.15) is 125 Å². The molecule has 35 N–H and O–H groups in total. The van der Waals surface area contributed by atoms with Crippen LogP contribution in [0.5, 0.6) is 5.75 Å². The highest BCUT2D eigenvalue weighted by Crippen LogP contribution is 2.29. The SMILES string of the molecule is NC(=O)CC[C@@H]1NC(=O)[C@H](Cc2ccccc2)NC(=O)[C@H](Cc2ccc(O)cc2)NC(=O)CCSSC[C@@H](C(=O)N2CCC[C@H]2C(=O)N[C@@H](CCCN=C(N)N)C(=O)NCC(N)=O)NC(=O)[C@H](CC(N)=O)NC1=O.NCCCC[C@H](NC(=O)[C@@H]1CCCN1C(=O)[C@@H]1CSSC[C@H](N)C(=O)N[C@@H](Cc2ccccc2)C(=O)N[C@@H](Cc2ccccc2)C(=O)N[C@@H](CCC(N)=O)C(=O)N[C@@H](CC(N)=O)C(=O)N1)C(=O)NCC(N)=O. The normalized spacial score (nSPS) is 22.4. The van der Waals surface area contributed by atoms with Gasteiger partial charge in [-0.2, -0.15) is 0 Å². The summed E-state index contributed by atoms with van der Waals surface area (Å²) in [6.07, 6.45) is -1.48. The Morgan fingerprint density at radius 3 is 1.13 bits per heavy atom. The maximum Gasteiger partial charge on any atom is 0.246 e. The highest BCUT2D eigenvalue weighted by Gasteiger charge is 2.44. The summed E-state index contributed by atoms with van der Waals surface area (Å²) < 4.78 is 0. The molecule has 0 aliphatic carbocycles. The van der Waals surface area contributed by atoms with Gasteiger partial charge in [0.1, 0.15) is 90.3 Å². The van der Waals surface area contributed by atoms with Gasteiger partial charge in [-0.25, -0.2) is 0 Å². The molecule has 4 aliphatic rings. The number of amides is 22. The molecular weight excluding hydrogens is 1980 g/mol. The summed E-state index contributed by atoms with van der Waals surface area (Å²) in [5, 5.41) is 45.8. The van der Waals surface area contributed by atoms with Crippen LogP contribution in [0.15, 0.2) is 120 Å². The lowest BCUT2D eigenvalue weighted by Gasteiger charge is -2.31. The molecule has 4 aliphatic heterocycles. The van der Waals surface area contributed by atoms with Crippen LogP contribution in [-0.4, -0.2) is 304 Å². The van der Waals surface area contributed by atoms with Gasteiger partial charge in [0.05, 0.1) is 32.0 Å². The maximum atomic E-state index is 14.6. The second-order valence-electron chi connectivity index (χ2n) is 34.6. The number of aromatic hydroxyl groups is 1. The number of hydrogen-bond acceptors (Lipinski definition) is 30. The molecule has 8 rings (SSSR count). The van der Waals surface area contributed by atoms with E-state index in [-0.39, 0.29) is 119 Å². The van der Waals surface area contributed by atoms with Crippen molar-refractivity contribution in [1.82, 2.24) is 84.2 Å². The first-order chi connectivity index (χ1) is 69.6. The molecule has 54 heteroatoms. The van der Waals surface area contributed by atoms with Crippen LogP contribution in [0.4, 0.5) is 0 Å². The van der Waals surface area contributed by atoms with Gasteiger partial charge in [-0.15, -0.1) is 0 Å². The van der Waals surface area contributed by atoms with Crippen LogP contribution < -0.4 is 132 Å². The van der Waals surface area contributed by atoms with E-state index in [1.807, 2.05) is 0 Å². The van der Waals surface area contributed by atoms with E-state index in [4.69, 9.17) is 57.3 Å². The number of phenols is 1. The molecule has 50 nitrogen and oxygen atoms in total. The highest BCUT2D eigenvalue weighted by atomic mass is 33.1. The lowest BCUT2D eigenvalue weighted by atomic mass is 10.0. The summed E-state index contributed by atoms with van der Waals surface area (Å²) in [6, 6.07) is 10.9. The Labute approximate surface area is 856 Å². The molecule has 4 aromatic rings. The van der Waals surface area contributed by atoms with Crippen LogP contribution >= 0.6 is 43.2 Å². The summed E-state index contributed by atoms with van der Waals surface area (Å²) in [4.78, 5) is 302. The minimum atomic E-state index is -1.77. The first-order valence-electron chi connectivity index (χ1n) is 47.0. The number of guanidine groups is 1. The third-order valence-corrected chi connectivity index (χ3v) is 27.9.